The highest BCUT2D eigenvalue weighted by atomic mass is 127. The Morgan fingerprint density at radius 2 is 2.32 bits per heavy atom. The van der Waals surface area contributed by atoms with Crippen LogP contribution in [0.15, 0.2) is 29.3 Å². The smallest absolute Gasteiger partial charge is 0.194 e. The molecule has 0 aromatic heterocycles. The molecule has 0 spiro atoms. The fourth-order valence-corrected chi connectivity index (χ4v) is 2.62. The van der Waals surface area contributed by atoms with Gasteiger partial charge in [-0.1, -0.05) is 12.1 Å². The molecule has 1 N–H and O–H groups in total. The number of aliphatic imine (C=N–C) groups is 1. The van der Waals surface area contributed by atoms with Gasteiger partial charge in [-0.2, -0.15) is 0 Å². The van der Waals surface area contributed by atoms with Crippen LogP contribution in [0.2, 0.25) is 0 Å². The van der Waals surface area contributed by atoms with Crippen LogP contribution in [0, 0.1) is 11.7 Å². The van der Waals surface area contributed by atoms with Crippen molar-refractivity contribution in [2.24, 2.45) is 10.9 Å². The maximum Gasteiger partial charge on any atom is 0.194 e. The summed E-state index contributed by atoms with van der Waals surface area (Å²) in [5.41, 5.74) is 0.887. The van der Waals surface area contributed by atoms with Gasteiger partial charge in [0.2, 0.25) is 0 Å². The molecule has 0 saturated carbocycles. The molecule has 1 unspecified atom stereocenters. The van der Waals surface area contributed by atoms with E-state index in [0.29, 0.717) is 12.5 Å². The molecule has 1 fully saturated rings. The minimum absolute atomic E-state index is 0. The number of likely N-dealkylation sites (tertiary alicyclic amines) is 1. The minimum atomic E-state index is -0.214. The number of benzene rings is 1. The summed E-state index contributed by atoms with van der Waals surface area (Å²) in [7, 11) is 1.74. The van der Waals surface area contributed by atoms with Crippen LogP contribution in [-0.4, -0.2) is 44.2 Å². The third-order valence-electron chi connectivity index (χ3n) is 3.62. The first kappa shape index (κ1) is 19.2. The molecule has 4 nitrogen and oxygen atoms in total. The van der Waals surface area contributed by atoms with Gasteiger partial charge in [0.1, 0.15) is 5.82 Å². The van der Waals surface area contributed by atoms with Crippen molar-refractivity contribution in [3.8, 4) is 0 Å². The van der Waals surface area contributed by atoms with Crippen LogP contribution in [0.5, 0.6) is 0 Å². The zero-order valence-electron chi connectivity index (χ0n) is 13.2. The van der Waals surface area contributed by atoms with Gasteiger partial charge in [-0.25, -0.2) is 9.38 Å². The molecular weight excluding hydrogens is 396 g/mol. The zero-order valence-corrected chi connectivity index (χ0v) is 15.5. The van der Waals surface area contributed by atoms with E-state index in [9.17, 15) is 4.39 Å². The van der Waals surface area contributed by atoms with Gasteiger partial charge in [0, 0.05) is 32.7 Å². The first-order valence-corrected chi connectivity index (χ1v) is 7.49. The van der Waals surface area contributed by atoms with Crippen molar-refractivity contribution >= 4 is 29.9 Å². The van der Waals surface area contributed by atoms with Crippen molar-refractivity contribution in [1.29, 1.82) is 0 Å². The second-order valence-corrected chi connectivity index (χ2v) is 5.36. The van der Waals surface area contributed by atoms with E-state index in [1.165, 1.54) is 12.1 Å². The SMILES string of the molecule is CCNC(=NCc1cccc(F)c1)N1CCC(COC)C1.I. The van der Waals surface area contributed by atoms with Crippen molar-refractivity contribution in [2.75, 3.05) is 33.4 Å². The molecule has 1 saturated heterocycles. The number of guanidine groups is 1. The molecule has 1 aliphatic rings. The molecule has 1 atom stereocenters. The molecule has 1 aromatic rings. The Balaban J connectivity index is 0.00000242. The standard InChI is InChI=1S/C16H24FN3O.HI/c1-3-18-16(20-8-7-14(11-20)12-21-2)19-10-13-5-4-6-15(17)9-13;/h4-6,9,14H,3,7-8,10-12H2,1-2H3,(H,18,19);1H. The summed E-state index contributed by atoms with van der Waals surface area (Å²) in [6.07, 6.45) is 1.12. The highest BCUT2D eigenvalue weighted by Crippen LogP contribution is 2.16. The Morgan fingerprint density at radius 1 is 1.50 bits per heavy atom. The predicted octanol–water partition coefficient (Wildman–Crippen LogP) is 2.88. The van der Waals surface area contributed by atoms with Crippen LogP contribution in [0.4, 0.5) is 4.39 Å². The van der Waals surface area contributed by atoms with E-state index in [4.69, 9.17) is 4.74 Å². The average molecular weight is 421 g/mol. The molecule has 124 valence electrons. The molecule has 1 heterocycles. The summed E-state index contributed by atoms with van der Waals surface area (Å²) in [4.78, 5) is 6.88. The number of hydrogen-bond acceptors (Lipinski definition) is 2. The van der Waals surface area contributed by atoms with Crippen molar-refractivity contribution < 1.29 is 9.13 Å². The summed E-state index contributed by atoms with van der Waals surface area (Å²) in [6, 6.07) is 6.60. The van der Waals surface area contributed by atoms with Gasteiger partial charge in [-0.3, -0.25) is 0 Å². The lowest BCUT2D eigenvalue weighted by Gasteiger charge is -2.21. The molecule has 0 bridgehead atoms. The van der Waals surface area contributed by atoms with Crippen molar-refractivity contribution in [1.82, 2.24) is 10.2 Å². The summed E-state index contributed by atoms with van der Waals surface area (Å²) in [5.74, 6) is 1.25. The van der Waals surface area contributed by atoms with E-state index in [-0.39, 0.29) is 29.8 Å². The first-order chi connectivity index (χ1) is 10.2. The first-order valence-electron chi connectivity index (χ1n) is 7.49. The number of halogens is 2. The molecule has 0 aliphatic carbocycles. The third kappa shape index (κ3) is 5.72. The van der Waals surface area contributed by atoms with Gasteiger partial charge in [-0.15, -0.1) is 24.0 Å². The highest BCUT2D eigenvalue weighted by molar-refractivity contribution is 14.0. The Kier molecular flexibility index (Phi) is 8.70. The van der Waals surface area contributed by atoms with Crippen LogP contribution < -0.4 is 5.32 Å². The lowest BCUT2D eigenvalue weighted by molar-refractivity contribution is 0.157. The Labute approximate surface area is 149 Å². The van der Waals surface area contributed by atoms with Crippen molar-refractivity contribution in [2.45, 2.75) is 19.9 Å². The van der Waals surface area contributed by atoms with Crippen LogP contribution in [-0.2, 0) is 11.3 Å². The van der Waals surface area contributed by atoms with Crippen LogP contribution >= 0.6 is 24.0 Å². The molecule has 1 aromatic carbocycles. The van der Waals surface area contributed by atoms with Gasteiger partial charge < -0.3 is 15.0 Å². The minimum Gasteiger partial charge on any atom is -0.384 e. The molecule has 6 heteroatoms. The van der Waals surface area contributed by atoms with Gasteiger partial charge in [0.15, 0.2) is 5.96 Å². The number of nitrogens with zero attached hydrogens (tertiary/aromatic N) is 2. The molecular formula is C16H25FIN3O. The maximum absolute atomic E-state index is 13.2. The Morgan fingerprint density at radius 3 is 3.00 bits per heavy atom. The fourth-order valence-electron chi connectivity index (χ4n) is 2.62. The lowest BCUT2D eigenvalue weighted by atomic mass is 10.1. The van der Waals surface area contributed by atoms with E-state index in [2.05, 4.69) is 22.1 Å². The van der Waals surface area contributed by atoms with Crippen molar-refractivity contribution in [3.05, 3.63) is 35.6 Å². The normalized spacial score (nSPS) is 18.2. The van der Waals surface area contributed by atoms with Gasteiger partial charge in [0.25, 0.3) is 0 Å². The highest BCUT2D eigenvalue weighted by Gasteiger charge is 2.24. The summed E-state index contributed by atoms with van der Waals surface area (Å²) in [6.45, 7) is 6.12. The lowest BCUT2D eigenvalue weighted by Crippen LogP contribution is -2.40. The van der Waals surface area contributed by atoms with E-state index in [0.717, 1.165) is 44.2 Å². The van der Waals surface area contributed by atoms with Crippen LogP contribution in [0.3, 0.4) is 0 Å². The molecule has 0 amide bonds. The quantitative estimate of drug-likeness (QED) is 0.452. The maximum atomic E-state index is 13.2. The van der Waals surface area contributed by atoms with E-state index < -0.39 is 0 Å². The third-order valence-corrected chi connectivity index (χ3v) is 3.62. The Hall–Kier alpha value is -0.890. The number of hydrogen-bond donors (Lipinski definition) is 1. The van der Waals surface area contributed by atoms with E-state index in [1.807, 2.05) is 6.07 Å². The number of rotatable bonds is 5. The molecule has 1 aliphatic heterocycles. The summed E-state index contributed by atoms with van der Waals surface area (Å²) < 4.78 is 18.4. The second kappa shape index (κ2) is 9.99. The van der Waals surface area contributed by atoms with Crippen molar-refractivity contribution in [3.63, 3.8) is 0 Å². The summed E-state index contributed by atoms with van der Waals surface area (Å²) >= 11 is 0. The second-order valence-electron chi connectivity index (χ2n) is 5.36. The van der Waals surface area contributed by atoms with Crippen LogP contribution in [0.1, 0.15) is 18.9 Å². The van der Waals surface area contributed by atoms with Crippen LogP contribution in [0.25, 0.3) is 0 Å². The van der Waals surface area contributed by atoms with E-state index >= 15 is 0 Å². The van der Waals surface area contributed by atoms with Gasteiger partial charge >= 0.3 is 0 Å². The van der Waals surface area contributed by atoms with Gasteiger partial charge in [-0.05, 0) is 31.0 Å². The van der Waals surface area contributed by atoms with E-state index in [1.54, 1.807) is 13.2 Å². The number of ether oxygens (including phenoxy) is 1. The monoisotopic (exact) mass is 421 g/mol. The molecule has 22 heavy (non-hydrogen) atoms. The number of methoxy groups -OCH3 is 1. The zero-order chi connectivity index (χ0) is 15.1. The predicted molar refractivity (Wildman–Crippen MR) is 98.2 cm³/mol. The molecule has 0 radical (unpaired) electrons. The largest absolute Gasteiger partial charge is 0.384 e. The topological polar surface area (TPSA) is 36.9 Å². The number of nitrogens with one attached hydrogen (secondary N) is 1. The fraction of sp³-hybridized carbons (Fsp3) is 0.562. The summed E-state index contributed by atoms with van der Waals surface area (Å²) in [5, 5.41) is 3.31. The Bertz CT molecular complexity index is 484. The molecule has 2 rings (SSSR count). The average Bonchev–Trinajstić information content (AvgIpc) is 2.92. The van der Waals surface area contributed by atoms with Gasteiger partial charge in [0.05, 0.1) is 13.2 Å².